The second-order valence-corrected chi connectivity index (χ2v) is 4.15. The van der Waals surface area contributed by atoms with Crippen LogP contribution in [0.2, 0.25) is 10.0 Å². The molecule has 90 valence electrons. The monoisotopic (exact) mass is 265 g/mol. The zero-order valence-corrected chi connectivity index (χ0v) is 9.91. The molecule has 0 heterocycles. The van der Waals surface area contributed by atoms with E-state index in [2.05, 4.69) is 0 Å². The van der Waals surface area contributed by atoms with E-state index in [-0.39, 0.29) is 23.1 Å². The molecule has 0 aromatic heterocycles. The Morgan fingerprint density at radius 3 is 2.38 bits per heavy atom. The summed E-state index contributed by atoms with van der Waals surface area (Å²) in [7, 11) is 0. The topological polar surface area (TPSA) is 86.7 Å². The third kappa shape index (κ3) is 2.78. The van der Waals surface area contributed by atoms with Gasteiger partial charge in [-0.25, -0.2) is 0 Å². The molecule has 2 unspecified atom stereocenters. The second kappa shape index (κ2) is 5.70. The molecule has 0 bridgehead atoms. The lowest BCUT2D eigenvalue weighted by molar-refractivity contribution is 0.00428. The summed E-state index contributed by atoms with van der Waals surface area (Å²) in [5.74, 6) is 0. The molecule has 0 saturated carbocycles. The van der Waals surface area contributed by atoms with Gasteiger partial charge in [0.25, 0.3) is 0 Å². The molecular formula is C10H13Cl2NO3. The Bertz CT molecular complexity index is 373. The summed E-state index contributed by atoms with van der Waals surface area (Å²) < 4.78 is 0. The molecule has 0 aliphatic rings. The van der Waals surface area contributed by atoms with Gasteiger partial charge in [0.05, 0.1) is 21.8 Å². The molecule has 6 heteroatoms. The van der Waals surface area contributed by atoms with Crippen molar-refractivity contribution >= 4 is 28.9 Å². The van der Waals surface area contributed by atoms with Gasteiger partial charge in [-0.15, -0.1) is 0 Å². The molecule has 16 heavy (non-hydrogen) atoms. The lowest BCUT2D eigenvalue weighted by atomic mass is 10.0. The molecule has 0 aliphatic carbocycles. The van der Waals surface area contributed by atoms with Crippen LogP contribution in [0.4, 0.5) is 5.69 Å². The van der Waals surface area contributed by atoms with E-state index in [1.54, 1.807) is 0 Å². The Morgan fingerprint density at radius 1 is 1.19 bits per heavy atom. The first kappa shape index (κ1) is 13.5. The van der Waals surface area contributed by atoms with Crippen molar-refractivity contribution in [2.24, 2.45) is 0 Å². The van der Waals surface area contributed by atoms with Crippen molar-refractivity contribution in [3.8, 4) is 0 Å². The van der Waals surface area contributed by atoms with Gasteiger partial charge in [0.2, 0.25) is 0 Å². The standard InChI is InChI=1S/C10H13Cl2NO3/c11-8-5(1-2-6(13)9(8)12)10(16)7(15)3-4-14/h1-2,7,10,14-16H,3-4,13H2. The third-order valence-electron chi connectivity index (χ3n) is 2.25. The van der Waals surface area contributed by atoms with Gasteiger partial charge in [-0.2, -0.15) is 0 Å². The smallest absolute Gasteiger partial charge is 0.106 e. The molecule has 2 atom stereocenters. The Balaban J connectivity index is 3.00. The fourth-order valence-electron chi connectivity index (χ4n) is 1.31. The summed E-state index contributed by atoms with van der Waals surface area (Å²) in [6, 6.07) is 2.99. The Hall–Kier alpha value is -0.520. The van der Waals surface area contributed by atoms with Crippen molar-refractivity contribution in [1.29, 1.82) is 0 Å². The minimum Gasteiger partial charge on any atom is -0.397 e. The summed E-state index contributed by atoms with van der Waals surface area (Å²) >= 11 is 11.7. The maximum Gasteiger partial charge on any atom is 0.106 e. The van der Waals surface area contributed by atoms with E-state index in [4.69, 9.17) is 34.0 Å². The minimum atomic E-state index is -1.20. The zero-order chi connectivity index (χ0) is 12.3. The first-order valence-electron chi connectivity index (χ1n) is 4.69. The van der Waals surface area contributed by atoms with Gasteiger partial charge in [-0.3, -0.25) is 0 Å². The van der Waals surface area contributed by atoms with Gasteiger partial charge in [0.1, 0.15) is 6.10 Å². The van der Waals surface area contributed by atoms with E-state index < -0.39 is 12.2 Å². The molecule has 1 rings (SSSR count). The molecular weight excluding hydrogens is 253 g/mol. The van der Waals surface area contributed by atoms with E-state index in [0.29, 0.717) is 11.3 Å². The van der Waals surface area contributed by atoms with Gasteiger partial charge in [0, 0.05) is 12.2 Å². The van der Waals surface area contributed by atoms with Gasteiger partial charge in [-0.1, -0.05) is 29.3 Å². The summed E-state index contributed by atoms with van der Waals surface area (Å²) in [5, 5.41) is 28.2. The number of aliphatic hydroxyl groups is 3. The first-order valence-corrected chi connectivity index (χ1v) is 5.45. The number of hydrogen-bond donors (Lipinski definition) is 4. The van der Waals surface area contributed by atoms with Crippen molar-refractivity contribution in [3.05, 3.63) is 27.7 Å². The number of aliphatic hydroxyl groups excluding tert-OH is 3. The number of rotatable bonds is 4. The van der Waals surface area contributed by atoms with Crippen LogP contribution in [-0.4, -0.2) is 28.0 Å². The summed E-state index contributed by atoms with van der Waals surface area (Å²) in [4.78, 5) is 0. The van der Waals surface area contributed by atoms with Gasteiger partial charge < -0.3 is 21.1 Å². The van der Waals surface area contributed by atoms with Crippen LogP contribution in [-0.2, 0) is 0 Å². The van der Waals surface area contributed by atoms with Gasteiger partial charge >= 0.3 is 0 Å². The summed E-state index contributed by atoms with van der Waals surface area (Å²) in [6.45, 7) is -0.224. The quantitative estimate of drug-likeness (QED) is 0.619. The van der Waals surface area contributed by atoms with Gasteiger partial charge in [0.15, 0.2) is 0 Å². The second-order valence-electron chi connectivity index (χ2n) is 3.40. The Kier molecular flexibility index (Phi) is 4.83. The largest absolute Gasteiger partial charge is 0.397 e. The maximum atomic E-state index is 9.77. The average molecular weight is 266 g/mol. The predicted octanol–water partition coefficient (Wildman–Crippen LogP) is 1.35. The predicted molar refractivity (Wildman–Crippen MR) is 63.5 cm³/mol. The van der Waals surface area contributed by atoms with Crippen molar-refractivity contribution in [2.75, 3.05) is 12.3 Å². The molecule has 0 fully saturated rings. The Morgan fingerprint density at radius 2 is 1.81 bits per heavy atom. The lowest BCUT2D eigenvalue weighted by Crippen LogP contribution is -2.20. The van der Waals surface area contributed by atoms with E-state index in [1.165, 1.54) is 12.1 Å². The number of nitrogens with two attached hydrogens (primary N) is 1. The molecule has 1 aromatic carbocycles. The number of benzene rings is 1. The van der Waals surface area contributed by atoms with E-state index in [9.17, 15) is 10.2 Å². The Labute approximate surface area is 103 Å². The molecule has 0 spiro atoms. The van der Waals surface area contributed by atoms with Crippen molar-refractivity contribution in [3.63, 3.8) is 0 Å². The van der Waals surface area contributed by atoms with E-state index >= 15 is 0 Å². The molecule has 0 saturated heterocycles. The fraction of sp³-hybridized carbons (Fsp3) is 0.400. The van der Waals surface area contributed by atoms with Crippen LogP contribution in [0, 0.1) is 0 Å². The van der Waals surface area contributed by atoms with Crippen molar-refractivity contribution < 1.29 is 15.3 Å². The highest BCUT2D eigenvalue weighted by atomic mass is 35.5. The first-order chi connectivity index (χ1) is 7.49. The lowest BCUT2D eigenvalue weighted by Gasteiger charge is -2.19. The number of nitrogen functional groups attached to an aromatic ring is 1. The third-order valence-corrected chi connectivity index (χ3v) is 3.16. The van der Waals surface area contributed by atoms with Crippen LogP contribution >= 0.6 is 23.2 Å². The molecule has 4 nitrogen and oxygen atoms in total. The van der Waals surface area contributed by atoms with Gasteiger partial charge in [-0.05, 0) is 12.5 Å². The van der Waals surface area contributed by atoms with E-state index in [0.717, 1.165) is 0 Å². The van der Waals surface area contributed by atoms with Crippen LogP contribution < -0.4 is 5.73 Å². The molecule has 5 N–H and O–H groups in total. The minimum absolute atomic E-state index is 0.0551. The van der Waals surface area contributed by atoms with Crippen LogP contribution in [0.1, 0.15) is 18.1 Å². The average Bonchev–Trinajstić information content (AvgIpc) is 2.26. The summed E-state index contributed by atoms with van der Waals surface area (Å²) in [5.41, 5.74) is 6.12. The SMILES string of the molecule is Nc1ccc(C(O)C(O)CCO)c(Cl)c1Cl. The number of hydrogen-bond acceptors (Lipinski definition) is 4. The maximum absolute atomic E-state index is 9.77. The normalized spacial score (nSPS) is 14.8. The van der Waals surface area contributed by atoms with Crippen LogP contribution in [0.25, 0.3) is 0 Å². The highest BCUT2D eigenvalue weighted by molar-refractivity contribution is 6.44. The molecule has 0 aliphatic heterocycles. The highest BCUT2D eigenvalue weighted by Gasteiger charge is 2.22. The van der Waals surface area contributed by atoms with Crippen LogP contribution in [0.5, 0.6) is 0 Å². The van der Waals surface area contributed by atoms with Crippen molar-refractivity contribution in [1.82, 2.24) is 0 Å². The van der Waals surface area contributed by atoms with Crippen LogP contribution in [0.15, 0.2) is 12.1 Å². The fourth-order valence-corrected chi connectivity index (χ4v) is 1.76. The number of halogens is 2. The number of anilines is 1. The van der Waals surface area contributed by atoms with Crippen molar-refractivity contribution in [2.45, 2.75) is 18.6 Å². The van der Waals surface area contributed by atoms with Crippen LogP contribution in [0.3, 0.4) is 0 Å². The van der Waals surface area contributed by atoms with E-state index in [1.807, 2.05) is 0 Å². The summed E-state index contributed by atoms with van der Waals surface area (Å²) in [6.07, 6.45) is -2.24. The zero-order valence-electron chi connectivity index (χ0n) is 8.40. The molecule has 1 aromatic rings. The molecule has 0 radical (unpaired) electrons. The highest BCUT2D eigenvalue weighted by Crippen LogP contribution is 2.35. The molecule has 0 amide bonds.